The molecular formula is C91H167N3O20S5. The molecule has 0 aliphatic rings. The maximum absolute atomic E-state index is 13.4. The van der Waals surface area contributed by atoms with E-state index in [1.165, 1.54) is 154 Å². The molecule has 0 spiro atoms. The van der Waals surface area contributed by atoms with E-state index in [1.54, 1.807) is 58.8 Å². The van der Waals surface area contributed by atoms with Gasteiger partial charge in [-0.3, -0.25) is 47.9 Å². The minimum Gasteiger partial charge on any atom is -0.462 e. The van der Waals surface area contributed by atoms with Crippen molar-refractivity contribution in [2.45, 2.75) is 318 Å². The van der Waals surface area contributed by atoms with E-state index in [4.69, 9.17) is 47.4 Å². The van der Waals surface area contributed by atoms with Crippen LogP contribution in [0.15, 0.2) is 0 Å². The smallest absolute Gasteiger partial charge is 0.318 e. The van der Waals surface area contributed by atoms with Crippen molar-refractivity contribution in [1.82, 2.24) is 14.7 Å². The van der Waals surface area contributed by atoms with E-state index in [9.17, 15) is 47.9 Å². The van der Waals surface area contributed by atoms with Crippen LogP contribution in [0.25, 0.3) is 0 Å². The third-order valence-electron chi connectivity index (χ3n) is 20.1. The van der Waals surface area contributed by atoms with Crippen molar-refractivity contribution >= 4 is 119 Å². The van der Waals surface area contributed by atoms with Gasteiger partial charge in [0.25, 0.3) is 0 Å². The molecule has 119 heavy (non-hydrogen) atoms. The highest BCUT2D eigenvalue weighted by Crippen LogP contribution is 2.21. The van der Waals surface area contributed by atoms with Crippen molar-refractivity contribution in [3.8, 4) is 0 Å². The monoisotopic (exact) mass is 1780 g/mol. The zero-order chi connectivity index (χ0) is 87.7. The first kappa shape index (κ1) is 115. The molecule has 5 atom stereocenters. The van der Waals surface area contributed by atoms with Crippen LogP contribution < -0.4 is 0 Å². The minimum absolute atomic E-state index is 0.00229. The number of esters is 10. The Bertz CT molecular complexity index is 2390. The summed E-state index contributed by atoms with van der Waals surface area (Å²) in [6.07, 6.45) is 37.8. The second kappa shape index (κ2) is 85.1. The van der Waals surface area contributed by atoms with Crippen molar-refractivity contribution in [2.75, 3.05) is 177 Å². The first-order chi connectivity index (χ1) is 57.7. The third-order valence-corrected chi connectivity index (χ3v) is 26.6. The van der Waals surface area contributed by atoms with Crippen molar-refractivity contribution in [3.63, 3.8) is 0 Å². The fourth-order valence-corrected chi connectivity index (χ4v) is 17.6. The molecule has 0 aliphatic carbocycles. The van der Waals surface area contributed by atoms with Crippen LogP contribution in [-0.4, -0.2) is 256 Å². The number of nitrogens with zero attached hydrogens (tertiary/aromatic N) is 3. The molecular weight excluding hydrogens is 1620 g/mol. The maximum Gasteiger partial charge on any atom is 0.318 e. The molecule has 0 rings (SSSR count). The quantitative estimate of drug-likeness (QED) is 0.0311. The number of rotatable bonds is 88. The average Bonchev–Trinajstić information content (AvgIpc) is 0.949. The Morgan fingerprint density at radius 1 is 0.218 bits per heavy atom. The number of hydrogen-bond donors (Lipinski definition) is 0. The van der Waals surface area contributed by atoms with E-state index < -0.39 is 29.8 Å². The molecule has 0 fully saturated rings. The minimum atomic E-state index is -0.500. The van der Waals surface area contributed by atoms with Crippen molar-refractivity contribution in [2.24, 2.45) is 23.7 Å². The van der Waals surface area contributed by atoms with Gasteiger partial charge in [0.05, 0.1) is 61.0 Å². The summed E-state index contributed by atoms with van der Waals surface area (Å²) in [4.78, 5) is 137. The van der Waals surface area contributed by atoms with Crippen LogP contribution in [0.5, 0.6) is 0 Å². The highest BCUT2D eigenvalue weighted by atomic mass is 32.2. The molecule has 0 aromatic heterocycles. The van der Waals surface area contributed by atoms with Crippen LogP contribution in [-0.2, 0) is 95.3 Å². The van der Waals surface area contributed by atoms with Gasteiger partial charge in [0.15, 0.2) is 0 Å². The summed E-state index contributed by atoms with van der Waals surface area (Å²) >= 11 is 8.55. The van der Waals surface area contributed by atoms with Crippen molar-refractivity contribution in [3.05, 3.63) is 0 Å². The topological polar surface area (TPSA) is 273 Å². The molecule has 0 bridgehead atoms. The molecule has 5 unspecified atom stereocenters. The molecule has 23 nitrogen and oxygen atoms in total. The van der Waals surface area contributed by atoms with E-state index in [-0.39, 0.29) is 183 Å². The highest BCUT2D eigenvalue weighted by Gasteiger charge is 2.23. The lowest BCUT2D eigenvalue weighted by molar-refractivity contribution is -0.154. The van der Waals surface area contributed by atoms with Crippen LogP contribution in [0.1, 0.15) is 313 Å². The summed E-state index contributed by atoms with van der Waals surface area (Å²) in [6, 6.07) is 0. The first-order valence-corrected chi connectivity index (χ1v) is 52.1. The Kier molecular flexibility index (Phi) is 82.5. The van der Waals surface area contributed by atoms with Gasteiger partial charge in [-0.1, -0.05) is 223 Å². The van der Waals surface area contributed by atoms with E-state index in [0.717, 1.165) is 67.3 Å². The number of carbonyl (C=O) groups is 10. The van der Waals surface area contributed by atoms with Gasteiger partial charge in [-0.2, -0.15) is 47.0 Å². The molecule has 0 heterocycles. The summed E-state index contributed by atoms with van der Waals surface area (Å²) in [7, 11) is 0. The predicted octanol–water partition coefficient (Wildman–Crippen LogP) is 18.8. The average molecular weight is 1780 g/mol. The van der Waals surface area contributed by atoms with Gasteiger partial charge in [-0.05, 0) is 113 Å². The van der Waals surface area contributed by atoms with Crippen LogP contribution in [0.4, 0.5) is 0 Å². The van der Waals surface area contributed by atoms with E-state index in [1.807, 2.05) is 44.4 Å². The Morgan fingerprint density at radius 2 is 0.412 bits per heavy atom. The number of carbonyl (C=O) groups excluding carboxylic acids is 10. The molecule has 0 saturated heterocycles. The van der Waals surface area contributed by atoms with Gasteiger partial charge in [0.2, 0.25) is 0 Å². The number of thioether (sulfide) groups is 5. The normalized spacial score (nSPS) is 12.7. The lowest BCUT2D eigenvalue weighted by atomic mass is 10.1. The second-order valence-electron chi connectivity index (χ2n) is 31.5. The fraction of sp³-hybridized carbons (Fsp3) is 0.890. The fourth-order valence-electron chi connectivity index (χ4n) is 12.4. The van der Waals surface area contributed by atoms with E-state index >= 15 is 0 Å². The van der Waals surface area contributed by atoms with Gasteiger partial charge in [-0.15, -0.1) is 11.8 Å². The lowest BCUT2D eigenvalue weighted by Crippen LogP contribution is -2.35. The molecule has 0 radical (unpaired) electrons. The van der Waals surface area contributed by atoms with E-state index in [0.29, 0.717) is 75.0 Å². The molecule has 696 valence electrons. The molecule has 0 saturated carbocycles. The van der Waals surface area contributed by atoms with Gasteiger partial charge in [0.1, 0.15) is 66.1 Å². The summed E-state index contributed by atoms with van der Waals surface area (Å²) in [5.41, 5.74) is 0. The number of ether oxygens (including phenoxy) is 10. The standard InChI is InChI=1S/C91H167N3O20S5/c1-11-16-21-26-31-38-68-115-73-77(6)87(100)110-63-58-105-83(96)45-54-93(55-46-84(97)106-59-64-111-88(101)78(7)74-116-69-39-32-27-22-17-12-2)50-37-36-49-92(53-44-82(95)109-62-67-114-91(104)81(10)119-72-42-35-30-25-20-15-5)51-43-52-94(56-47-85(98)107-60-65-112-89(102)79(8)75-117-70-40-33-28-23-18-13-3)57-48-86(99)108-61-66-113-90(103)80(9)76-118-71-41-34-29-24-19-14-4/h77-81H,11-76H2,1-10H3. The summed E-state index contributed by atoms with van der Waals surface area (Å²) in [6.45, 7) is 22.6. The molecule has 0 amide bonds. The SMILES string of the molecule is CCCCCCCCSCC(C)C(=O)OCCOC(=O)CCN(CCCCN(CCCN(CCC(=O)OCCOC(=O)C(C)CSCCCCCCCC)CCC(=O)OCCOC(=O)C(C)CSCCCCCCCC)CCC(=O)OCCOC(=O)C(C)SCCCCCCCC)CCC(=O)OCCOC(=O)C(C)CSCCCCCCCC. The Balaban J connectivity index is 6.41. The zero-order valence-electron chi connectivity index (χ0n) is 76.1. The van der Waals surface area contributed by atoms with Crippen molar-refractivity contribution < 1.29 is 95.3 Å². The third kappa shape index (κ3) is 75.4. The lowest BCUT2D eigenvalue weighted by Gasteiger charge is -2.26. The highest BCUT2D eigenvalue weighted by molar-refractivity contribution is 8.00. The van der Waals surface area contributed by atoms with Crippen LogP contribution in [0.2, 0.25) is 0 Å². The Morgan fingerprint density at radius 3 is 0.655 bits per heavy atom. The van der Waals surface area contributed by atoms with Gasteiger partial charge in [-0.25, -0.2) is 0 Å². The van der Waals surface area contributed by atoms with Crippen molar-refractivity contribution in [1.29, 1.82) is 0 Å². The second-order valence-corrected chi connectivity index (χ2v) is 37.6. The molecule has 0 aromatic rings. The molecule has 0 aliphatic heterocycles. The Labute approximate surface area is 742 Å². The van der Waals surface area contributed by atoms with Gasteiger partial charge < -0.3 is 62.1 Å². The molecule has 0 N–H and O–H groups in total. The number of unbranched alkanes of at least 4 members (excludes halogenated alkanes) is 26. The molecule has 28 heteroatoms. The summed E-state index contributed by atoms with van der Waals surface area (Å²) in [5.74, 6) is 2.09. The van der Waals surface area contributed by atoms with Gasteiger partial charge >= 0.3 is 59.7 Å². The predicted molar refractivity (Wildman–Crippen MR) is 491 cm³/mol. The molecule has 0 aromatic carbocycles. The Hall–Kier alpha value is -3.67. The zero-order valence-corrected chi connectivity index (χ0v) is 80.2. The van der Waals surface area contributed by atoms with Crippen LogP contribution in [0, 0.1) is 23.7 Å². The van der Waals surface area contributed by atoms with Gasteiger partial charge in [0, 0.05) is 55.7 Å². The summed E-state index contributed by atoms with van der Waals surface area (Å²) < 4.78 is 55.1. The summed E-state index contributed by atoms with van der Waals surface area (Å²) in [5, 5.41) is -0.349. The maximum atomic E-state index is 13.4. The largest absolute Gasteiger partial charge is 0.462 e. The van der Waals surface area contributed by atoms with Crippen LogP contribution in [0.3, 0.4) is 0 Å². The van der Waals surface area contributed by atoms with E-state index in [2.05, 4.69) is 39.5 Å². The number of hydrogen-bond acceptors (Lipinski definition) is 28. The van der Waals surface area contributed by atoms with Crippen LogP contribution >= 0.6 is 58.8 Å². The first-order valence-electron chi connectivity index (χ1n) is 46.4.